The lowest BCUT2D eigenvalue weighted by molar-refractivity contribution is -0.175. The predicted octanol–water partition coefficient (Wildman–Crippen LogP) is 1.85. The SMILES string of the molecule is CCC(COCC(F)(F)F)NC(=O)N1CCC(C(=O)O)CC1. The third-order valence-electron chi connectivity index (χ3n) is 3.54. The molecule has 2 amide bonds. The second-order valence-electron chi connectivity index (χ2n) is 5.28. The Balaban J connectivity index is 2.34. The van der Waals surface area contributed by atoms with Crippen LogP contribution in [0.3, 0.4) is 0 Å². The number of urea groups is 1. The highest BCUT2D eigenvalue weighted by Gasteiger charge is 2.29. The zero-order valence-electron chi connectivity index (χ0n) is 12.4. The number of amides is 2. The number of carbonyl (C=O) groups excluding carboxylic acids is 1. The van der Waals surface area contributed by atoms with Gasteiger partial charge >= 0.3 is 18.2 Å². The van der Waals surface area contributed by atoms with Crippen molar-refractivity contribution in [1.82, 2.24) is 10.2 Å². The number of rotatable bonds is 6. The van der Waals surface area contributed by atoms with Crippen molar-refractivity contribution in [3.8, 4) is 0 Å². The number of likely N-dealkylation sites (tertiary alicyclic amines) is 1. The van der Waals surface area contributed by atoms with Gasteiger partial charge in [-0.05, 0) is 19.3 Å². The van der Waals surface area contributed by atoms with Gasteiger partial charge in [-0.15, -0.1) is 0 Å². The molecule has 22 heavy (non-hydrogen) atoms. The molecule has 0 aromatic heterocycles. The molecule has 9 heteroatoms. The minimum absolute atomic E-state index is 0.215. The normalized spacial score (nSPS) is 18.1. The summed E-state index contributed by atoms with van der Waals surface area (Å²) in [4.78, 5) is 24.3. The van der Waals surface area contributed by atoms with E-state index in [1.165, 1.54) is 4.90 Å². The standard InChI is InChI=1S/C13H21F3N2O4/c1-2-10(7-22-8-13(14,15)16)17-12(21)18-5-3-9(4-6-18)11(19)20/h9-10H,2-8H2,1H3,(H,17,21)(H,19,20). The van der Waals surface area contributed by atoms with Crippen LogP contribution in [0.4, 0.5) is 18.0 Å². The topological polar surface area (TPSA) is 78.9 Å². The predicted molar refractivity (Wildman–Crippen MR) is 71.4 cm³/mol. The molecular weight excluding hydrogens is 305 g/mol. The minimum Gasteiger partial charge on any atom is -0.481 e. The van der Waals surface area contributed by atoms with Crippen LogP contribution in [-0.4, -0.2) is 60.5 Å². The van der Waals surface area contributed by atoms with E-state index in [1.54, 1.807) is 6.92 Å². The number of ether oxygens (including phenoxy) is 1. The maximum atomic E-state index is 12.0. The van der Waals surface area contributed by atoms with E-state index in [-0.39, 0.29) is 6.61 Å². The van der Waals surface area contributed by atoms with Crippen molar-refractivity contribution < 1.29 is 32.6 Å². The average molecular weight is 326 g/mol. The van der Waals surface area contributed by atoms with Gasteiger partial charge in [0.2, 0.25) is 0 Å². The molecule has 1 heterocycles. The highest BCUT2D eigenvalue weighted by Crippen LogP contribution is 2.17. The summed E-state index contributed by atoms with van der Waals surface area (Å²) in [5.41, 5.74) is 0. The molecule has 0 bridgehead atoms. The van der Waals surface area contributed by atoms with Gasteiger partial charge in [-0.1, -0.05) is 6.92 Å². The van der Waals surface area contributed by atoms with E-state index in [2.05, 4.69) is 10.1 Å². The van der Waals surface area contributed by atoms with E-state index in [0.29, 0.717) is 32.4 Å². The van der Waals surface area contributed by atoms with E-state index in [4.69, 9.17) is 5.11 Å². The number of nitrogens with zero attached hydrogens (tertiary/aromatic N) is 1. The fourth-order valence-corrected chi connectivity index (χ4v) is 2.17. The van der Waals surface area contributed by atoms with Gasteiger partial charge in [0, 0.05) is 13.1 Å². The molecule has 1 saturated heterocycles. The van der Waals surface area contributed by atoms with Crippen LogP contribution in [0.15, 0.2) is 0 Å². The minimum atomic E-state index is -4.39. The number of carboxylic acid groups (broad SMARTS) is 1. The Labute approximate surface area is 126 Å². The van der Waals surface area contributed by atoms with Crippen LogP contribution >= 0.6 is 0 Å². The summed E-state index contributed by atoms with van der Waals surface area (Å²) < 4.78 is 40.5. The second kappa shape index (κ2) is 8.21. The lowest BCUT2D eigenvalue weighted by Gasteiger charge is -2.31. The molecule has 128 valence electrons. The third-order valence-corrected chi connectivity index (χ3v) is 3.54. The van der Waals surface area contributed by atoms with E-state index in [9.17, 15) is 22.8 Å². The van der Waals surface area contributed by atoms with Crippen molar-refractivity contribution in [2.75, 3.05) is 26.3 Å². The molecule has 2 N–H and O–H groups in total. The van der Waals surface area contributed by atoms with Crippen LogP contribution < -0.4 is 5.32 Å². The molecule has 0 aliphatic carbocycles. The fraction of sp³-hybridized carbons (Fsp3) is 0.846. The molecule has 1 fully saturated rings. The first-order valence-corrected chi connectivity index (χ1v) is 7.15. The quantitative estimate of drug-likeness (QED) is 0.781. The fourth-order valence-electron chi connectivity index (χ4n) is 2.17. The molecule has 0 radical (unpaired) electrons. The van der Waals surface area contributed by atoms with Gasteiger partial charge in [-0.2, -0.15) is 13.2 Å². The van der Waals surface area contributed by atoms with Crippen LogP contribution in [-0.2, 0) is 9.53 Å². The summed E-state index contributed by atoms with van der Waals surface area (Å²) in [6.07, 6.45) is -3.19. The molecule has 1 unspecified atom stereocenters. The zero-order valence-corrected chi connectivity index (χ0v) is 12.4. The average Bonchev–Trinajstić information content (AvgIpc) is 2.44. The van der Waals surface area contributed by atoms with Gasteiger partial charge in [-0.25, -0.2) is 4.79 Å². The molecule has 0 spiro atoms. The first kappa shape index (κ1) is 18.5. The molecule has 1 aliphatic heterocycles. The van der Waals surface area contributed by atoms with Gasteiger partial charge in [0.25, 0.3) is 0 Å². The van der Waals surface area contributed by atoms with E-state index in [1.807, 2.05) is 0 Å². The van der Waals surface area contributed by atoms with Gasteiger partial charge in [0.1, 0.15) is 6.61 Å². The van der Waals surface area contributed by atoms with Crippen molar-refractivity contribution in [2.45, 2.75) is 38.4 Å². The van der Waals surface area contributed by atoms with Crippen molar-refractivity contribution >= 4 is 12.0 Å². The Kier molecular flexibility index (Phi) is 6.92. The maximum absolute atomic E-state index is 12.0. The van der Waals surface area contributed by atoms with Crippen LogP contribution in [0.1, 0.15) is 26.2 Å². The summed E-state index contributed by atoms with van der Waals surface area (Å²) in [6, 6.07) is -0.904. The Morgan fingerprint density at radius 1 is 1.36 bits per heavy atom. The molecule has 1 aliphatic rings. The number of halogens is 3. The van der Waals surface area contributed by atoms with Gasteiger partial charge in [0.05, 0.1) is 18.6 Å². The number of carbonyl (C=O) groups is 2. The molecule has 1 rings (SSSR count). The van der Waals surface area contributed by atoms with Gasteiger partial charge in [0.15, 0.2) is 0 Å². The summed E-state index contributed by atoms with van der Waals surface area (Å²) in [7, 11) is 0. The van der Waals surface area contributed by atoms with Crippen LogP contribution in [0.5, 0.6) is 0 Å². The highest BCUT2D eigenvalue weighted by molar-refractivity contribution is 5.75. The van der Waals surface area contributed by atoms with Crippen molar-refractivity contribution in [2.24, 2.45) is 5.92 Å². The van der Waals surface area contributed by atoms with Crippen LogP contribution in [0.2, 0.25) is 0 Å². The van der Waals surface area contributed by atoms with Crippen molar-refractivity contribution in [3.63, 3.8) is 0 Å². The van der Waals surface area contributed by atoms with E-state index in [0.717, 1.165) is 0 Å². The molecule has 0 aromatic carbocycles. The number of aliphatic carboxylic acids is 1. The lowest BCUT2D eigenvalue weighted by atomic mass is 9.97. The molecule has 6 nitrogen and oxygen atoms in total. The maximum Gasteiger partial charge on any atom is 0.411 e. The van der Waals surface area contributed by atoms with E-state index < -0.39 is 36.7 Å². The number of hydrogen-bond donors (Lipinski definition) is 2. The third kappa shape index (κ3) is 6.50. The summed E-state index contributed by atoms with van der Waals surface area (Å²) in [6.45, 7) is 0.820. The summed E-state index contributed by atoms with van der Waals surface area (Å²) >= 11 is 0. The Morgan fingerprint density at radius 2 is 1.95 bits per heavy atom. The zero-order chi connectivity index (χ0) is 16.8. The van der Waals surface area contributed by atoms with Crippen molar-refractivity contribution in [1.29, 1.82) is 0 Å². The number of carboxylic acids is 1. The molecule has 1 atom stereocenters. The number of nitrogens with one attached hydrogen (secondary N) is 1. The Hall–Kier alpha value is -1.51. The van der Waals surface area contributed by atoms with Gasteiger partial charge in [-0.3, -0.25) is 4.79 Å². The van der Waals surface area contributed by atoms with Crippen molar-refractivity contribution in [3.05, 3.63) is 0 Å². The largest absolute Gasteiger partial charge is 0.481 e. The first-order chi connectivity index (χ1) is 10.2. The number of piperidine rings is 1. The summed E-state index contributed by atoms with van der Waals surface area (Å²) in [5, 5.41) is 11.5. The Morgan fingerprint density at radius 3 is 2.41 bits per heavy atom. The second-order valence-corrected chi connectivity index (χ2v) is 5.28. The molecule has 0 aromatic rings. The molecular formula is C13H21F3N2O4. The van der Waals surface area contributed by atoms with Crippen LogP contribution in [0, 0.1) is 5.92 Å². The number of alkyl halides is 3. The Bertz CT molecular complexity index is 382. The van der Waals surface area contributed by atoms with E-state index >= 15 is 0 Å². The van der Waals surface area contributed by atoms with Crippen LogP contribution in [0.25, 0.3) is 0 Å². The lowest BCUT2D eigenvalue weighted by Crippen LogP contribution is -2.49. The highest BCUT2D eigenvalue weighted by atomic mass is 19.4. The number of hydrogen-bond acceptors (Lipinski definition) is 3. The summed E-state index contributed by atoms with van der Waals surface area (Å²) in [5.74, 6) is -1.31. The smallest absolute Gasteiger partial charge is 0.411 e. The first-order valence-electron chi connectivity index (χ1n) is 7.15. The van der Waals surface area contributed by atoms with Gasteiger partial charge < -0.3 is 20.1 Å². The molecule has 0 saturated carbocycles. The monoisotopic (exact) mass is 326 g/mol.